The Labute approximate surface area is 96.2 Å². The summed E-state index contributed by atoms with van der Waals surface area (Å²) >= 11 is -0.0882. The van der Waals surface area contributed by atoms with Gasteiger partial charge >= 0.3 is 5.51 Å². The van der Waals surface area contributed by atoms with Gasteiger partial charge in [-0.1, -0.05) is 12.1 Å². The van der Waals surface area contributed by atoms with Crippen LogP contribution in [-0.2, 0) is 6.42 Å². The molecule has 0 spiro atoms. The van der Waals surface area contributed by atoms with Crippen molar-refractivity contribution in [2.75, 3.05) is 0 Å². The molecule has 0 amide bonds. The predicted molar refractivity (Wildman–Crippen MR) is 58.2 cm³/mol. The minimum Gasteiger partial charge on any atom is -0.325 e. The van der Waals surface area contributed by atoms with Crippen LogP contribution in [0.5, 0.6) is 0 Å². The molecule has 1 saturated carbocycles. The van der Waals surface area contributed by atoms with Crippen molar-refractivity contribution in [3.05, 3.63) is 29.8 Å². The van der Waals surface area contributed by atoms with Crippen LogP contribution in [-0.4, -0.2) is 11.0 Å². The Kier molecular flexibility index (Phi) is 2.92. The molecular formula is C11H12F3NS. The van der Waals surface area contributed by atoms with E-state index in [2.05, 4.69) is 0 Å². The molecule has 0 unspecified atom stereocenters. The fourth-order valence-electron chi connectivity index (χ4n) is 1.55. The van der Waals surface area contributed by atoms with Crippen molar-refractivity contribution in [1.82, 2.24) is 0 Å². The van der Waals surface area contributed by atoms with Gasteiger partial charge in [-0.15, -0.1) is 0 Å². The molecule has 0 radical (unpaired) electrons. The number of benzene rings is 1. The Morgan fingerprint density at radius 2 is 1.75 bits per heavy atom. The van der Waals surface area contributed by atoms with Crippen LogP contribution in [0.3, 0.4) is 0 Å². The number of thioether (sulfide) groups is 1. The summed E-state index contributed by atoms with van der Waals surface area (Å²) in [5, 5.41) is 0. The highest BCUT2D eigenvalue weighted by atomic mass is 32.2. The Hall–Kier alpha value is -0.680. The topological polar surface area (TPSA) is 26.0 Å². The van der Waals surface area contributed by atoms with Crippen LogP contribution in [0.4, 0.5) is 13.2 Å². The van der Waals surface area contributed by atoms with Gasteiger partial charge in [0.15, 0.2) is 0 Å². The summed E-state index contributed by atoms with van der Waals surface area (Å²) in [4.78, 5) is 0.220. The molecule has 1 aromatic carbocycles. The number of nitrogens with two attached hydrogens (primary N) is 1. The monoisotopic (exact) mass is 247 g/mol. The van der Waals surface area contributed by atoms with Crippen molar-refractivity contribution in [2.24, 2.45) is 5.73 Å². The summed E-state index contributed by atoms with van der Waals surface area (Å²) in [5.74, 6) is 0. The first-order valence-corrected chi connectivity index (χ1v) is 5.82. The molecule has 1 aliphatic carbocycles. The maximum absolute atomic E-state index is 12.1. The summed E-state index contributed by atoms with van der Waals surface area (Å²) in [6.07, 6.45) is 2.77. The van der Waals surface area contributed by atoms with Crippen molar-refractivity contribution in [1.29, 1.82) is 0 Å². The van der Waals surface area contributed by atoms with E-state index in [-0.39, 0.29) is 22.2 Å². The number of hydrogen-bond donors (Lipinski definition) is 1. The molecule has 0 saturated heterocycles. The summed E-state index contributed by atoms with van der Waals surface area (Å²) in [7, 11) is 0. The van der Waals surface area contributed by atoms with Gasteiger partial charge in [-0.2, -0.15) is 13.2 Å². The van der Waals surface area contributed by atoms with Gasteiger partial charge in [-0.3, -0.25) is 0 Å². The van der Waals surface area contributed by atoms with Gasteiger partial charge in [-0.05, 0) is 48.7 Å². The van der Waals surface area contributed by atoms with Crippen LogP contribution in [0.25, 0.3) is 0 Å². The van der Waals surface area contributed by atoms with Gasteiger partial charge in [0.05, 0.1) is 0 Å². The zero-order valence-corrected chi connectivity index (χ0v) is 9.37. The maximum atomic E-state index is 12.1. The minimum absolute atomic E-state index is 0.0882. The second-order valence-electron chi connectivity index (χ2n) is 4.23. The highest BCUT2D eigenvalue weighted by molar-refractivity contribution is 8.00. The second kappa shape index (κ2) is 3.96. The fourth-order valence-corrected chi connectivity index (χ4v) is 2.09. The zero-order valence-electron chi connectivity index (χ0n) is 8.55. The molecule has 1 aromatic rings. The lowest BCUT2D eigenvalue weighted by molar-refractivity contribution is -0.0328. The Morgan fingerprint density at radius 3 is 2.19 bits per heavy atom. The third-order valence-electron chi connectivity index (χ3n) is 2.61. The SMILES string of the molecule is NC1(Cc2ccc(SC(F)(F)F)cc2)CC1. The predicted octanol–water partition coefficient (Wildman–Crippen LogP) is 3.33. The lowest BCUT2D eigenvalue weighted by atomic mass is 10.1. The number of alkyl halides is 3. The Bertz CT molecular complexity index is 342. The van der Waals surface area contributed by atoms with E-state index in [9.17, 15) is 13.2 Å². The molecular weight excluding hydrogens is 235 g/mol. The average Bonchev–Trinajstić information content (AvgIpc) is 2.85. The van der Waals surface area contributed by atoms with Crippen molar-refractivity contribution >= 4 is 11.8 Å². The van der Waals surface area contributed by atoms with E-state index in [1.165, 1.54) is 12.1 Å². The molecule has 5 heteroatoms. The molecule has 1 fully saturated rings. The average molecular weight is 247 g/mol. The van der Waals surface area contributed by atoms with Crippen LogP contribution >= 0.6 is 11.8 Å². The van der Waals surface area contributed by atoms with E-state index in [0.29, 0.717) is 0 Å². The van der Waals surface area contributed by atoms with Crippen molar-refractivity contribution in [3.8, 4) is 0 Å². The quantitative estimate of drug-likeness (QED) is 0.829. The largest absolute Gasteiger partial charge is 0.446 e. The lowest BCUT2D eigenvalue weighted by Crippen LogP contribution is -2.24. The van der Waals surface area contributed by atoms with Crippen LogP contribution < -0.4 is 5.73 Å². The standard InChI is InChI=1S/C11H12F3NS/c12-11(13,14)16-9-3-1-8(2-4-9)7-10(15)5-6-10/h1-4H,5-7,15H2. The van der Waals surface area contributed by atoms with Gasteiger partial charge in [0, 0.05) is 10.4 Å². The molecule has 16 heavy (non-hydrogen) atoms. The molecule has 2 rings (SSSR count). The highest BCUT2D eigenvalue weighted by Crippen LogP contribution is 2.38. The molecule has 2 N–H and O–H groups in total. The molecule has 88 valence electrons. The first-order valence-electron chi connectivity index (χ1n) is 5.00. The van der Waals surface area contributed by atoms with Gasteiger partial charge in [0.1, 0.15) is 0 Å². The van der Waals surface area contributed by atoms with Crippen molar-refractivity contribution in [2.45, 2.75) is 35.2 Å². The fraction of sp³-hybridized carbons (Fsp3) is 0.455. The number of hydrogen-bond acceptors (Lipinski definition) is 2. The molecule has 0 aliphatic heterocycles. The van der Waals surface area contributed by atoms with E-state index >= 15 is 0 Å². The van der Waals surface area contributed by atoms with Crippen LogP contribution in [0.1, 0.15) is 18.4 Å². The van der Waals surface area contributed by atoms with Gasteiger partial charge in [0.2, 0.25) is 0 Å². The number of rotatable bonds is 3. The third kappa shape index (κ3) is 3.42. The van der Waals surface area contributed by atoms with E-state index in [4.69, 9.17) is 5.73 Å². The lowest BCUT2D eigenvalue weighted by Gasteiger charge is -2.09. The highest BCUT2D eigenvalue weighted by Gasteiger charge is 2.37. The van der Waals surface area contributed by atoms with Crippen molar-refractivity contribution in [3.63, 3.8) is 0 Å². The van der Waals surface area contributed by atoms with Gasteiger partial charge < -0.3 is 5.73 Å². The van der Waals surface area contributed by atoms with Crippen molar-refractivity contribution < 1.29 is 13.2 Å². The Morgan fingerprint density at radius 1 is 1.19 bits per heavy atom. The zero-order chi connectivity index (χ0) is 11.8. The molecule has 0 heterocycles. The number of halogens is 3. The van der Waals surface area contributed by atoms with Gasteiger partial charge in [-0.25, -0.2) is 0 Å². The van der Waals surface area contributed by atoms with E-state index in [1.807, 2.05) is 0 Å². The van der Waals surface area contributed by atoms with Gasteiger partial charge in [0.25, 0.3) is 0 Å². The second-order valence-corrected chi connectivity index (χ2v) is 5.37. The summed E-state index contributed by atoms with van der Waals surface area (Å²) < 4.78 is 36.2. The summed E-state index contributed by atoms with van der Waals surface area (Å²) in [5.41, 5.74) is 2.63. The van der Waals surface area contributed by atoms with Crippen LogP contribution in [0, 0.1) is 0 Å². The summed E-state index contributed by atoms with van der Waals surface area (Å²) in [6.45, 7) is 0. The molecule has 0 bridgehead atoms. The minimum atomic E-state index is -4.22. The van der Waals surface area contributed by atoms with E-state index in [0.717, 1.165) is 24.8 Å². The normalized spacial score (nSPS) is 18.5. The summed E-state index contributed by atoms with van der Waals surface area (Å²) in [6, 6.07) is 6.44. The maximum Gasteiger partial charge on any atom is 0.446 e. The van der Waals surface area contributed by atoms with E-state index in [1.54, 1.807) is 12.1 Å². The molecule has 1 nitrogen and oxygen atoms in total. The molecule has 0 aromatic heterocycles. The van der Waals surface area contributed by atoms with Crippen LogP contribution in [0.2, 0.25) is 0 Å². The van der Waals surface area contributed by atoms with E-state index < -0.39 is 5.51 Å². The van der Waals surface area contributed by atoms with Crippen LogP contribution in [0.15, 0.2) is 29.2 Å². The third-order valence-corrected chi connectivity index (χ3v) is 3.34. The molecule has 0 atom stereocenters. The first-order chi connectivity index (χ1) is 7.36. The molecule has 1 aliphatic rings. The Balaban J connectivity index is 1.99. The smallest absolute Gasteiger partial charge is 0.325 e. The first kappa shape index (κ1) is 11.8.